The third-order valence-corrected chi connectivity index (χ3v) is 21.9. The minimum absolute atomic E-state index is 0.00728. The van der Waals surface area contributed by atoms with E-state index in [0.29, 0.717) is 46.2 Å². The zero-order valence-corrected chi connectivity index (χ0v) is 64.6. The summed E-state index contributed by atoms with van der Waals surface area (Å²) in [6, 6.07) is 52.1. The Morgan fingerprint density at radius 3 is 0.971 bits per heavy atom. The summed E-state index contributed by atoms with van der Waals surface area (Å²) < 4.78 is 132. The lowest BCUT2D eigenvalue weighted by atomic mass is 9.84. The highest BCUT2D eigenvalue weighted by Crippen LogP contribution is 2.59. The van der Waals surface area contributed by atoms with Crippen LogP contribution < -0.4 is 0 Å². The standard InChI is InChI=1S/C83H117O19P3/c1-3-5-7-9-11-13-15-17-19-21-23-25-45-59-76(84)91-67-75(99-77(85)60-46-26-24-22-20-18-16-14-12-10-8-6-4-2)68-94-103(87,88)100-80-78(86)79(92-61-69-47-33-27-34-48-69)82(101-104(89,95-63-71-51-37-29-38-52-71)96-64-72-53-39-30-40-54-72)83(81(80)93-62-70-49-35-28-36-50-70)102-105(90,97-65-73-55-41-31-42-56-73)98-66-74-57-43-32-44-58-74/h27-44,47-58,75,78-83,86H,3-26,45-46,59-68H2,1-2H3,(H,87,88)/t75-,78?,79?,80?,81?,82?,83?/m0/s1/i78D. The number of rotatable bonds is 58. The van der Waals surface area contributed by atoms with Gasteiger partial charge in [0, 0.05) is 12.8 Å². The first-order valence-corrected chi connectivity index (χ1v) is 42.8. The van der Waals surface area contributed by atoms with Crippen molar-refractivity contribution in [3.05, 3.63) is 215 Å². The summed E-state index contributed by atoms with van der Waals surface area (Å²) in [5.41, 5.74) is 3.15. The van der Waals surface area contributed by atoms with Gasteiger partial charge in [-0.05, 0) is 46.2 Å². The van der Waals surface area contributed by atoms with Crippen molar-refractivity contribution in [1.29, 1.82) is 0 Å². The molecule has 1 aliphatic carbocycles. The maximum Gasteiger partial charge on any atom is 0.475 e. The molecule has 7 rings (SSSR count). The Kier molecular flexibility index (Phi) is 41.3. The molecule has 0 saturated heterocycles. The first kappa shape index (κ1) is 85.1. The molecule has 0 aromatic heterocycles. The van der Waals surface area contributed by atoms with Gasteiger partial charge in [0.2, 0.25) is 0 Å². The third-order valence-electron chi connectivity index (χ3n) is 18.2. The van der Waals surface area contributed by atoms with E-state index >= 15 is 13.7 Å². The SMILES string of the molecule is [2H]C1(O)C(OCc2ccccc2)C(OP(=O)(OCc2ccccc2)OCc2ccccc2)C(OP(=O)(OCc2ccccc2)OCc2ccccc2)C(OCc2ccccc2)C1OP(=O)(O)OC[C@H](COC(=O)CCCCCCCCCCCCCCC)OC(=O)CCCCCCCCCCCCCCC. The Morgan fingerprint density at radius 1 is 0.352 bits per heavy atom. The predicted octanol–water partition coefficient (Wildman–Crippen LogP) is 21.3. The number of hydrogen-bond acceptors (Lipinski definition) is 18. The lowest BCUT2D eigenvalue weighted by molar-refractivity contribution is -0.242. The Bertz CT molecular complexity index is 3350. The highest BCUT2D eigenvalue weighted by atomic mass is 31.2. The van der Waals surface area contributed by atoms with E-state index in [1.165, 1.54) is 103 Å². The van der Waals surface area contributed by atoms with Gasteiger partial charge in [-0.15, -0.1) is 0 Å². The van der Waals surface area contributed by atoms with Crippen LogP contribution in [0.5, 0.6) is 0 Å². The van der Waals surface area contributed by atoms with Crippen molar-refractivity contribution in [3.8, 4) is 0 Å². The number of carbonyl (C=O) groups excluding carboxylic acids is 2. The Hall–Kier alpha value is -5.53. The summed E-state index contributed by atoms with van der Waals surface area (Å²) in [4.78, 5) is 39.4. The summed E-state index contributed by atoms with van der Waals surface area (Å²) >= 11 is 0. The van der Waals surface area contributed by atoms with E-state index in [-0.39, 0.29) is 39.3 Å². The van der Waals surface area contributed by atoms with Gasteiger partial charge in [-0.2, -0.15) is 0 Å². The third kappa shape index (κ3) is 35.6. The van der Waals surface area contributed by atoms with Gasteiger partial charge in [0.1, 0.15) is 43.2 Å². The fourth-order valence-corrected chi connectivity index (χ4v) is 15.8. The van der Waals surface area contributed by atoms with Gasteiger partial charge < -0.3 is 28.9 Å². The van der Waals surface area contributed by atoms with Crippen LogP contribution in [0.4, 0.5) is 0 Å². The number of carbonyl (C=O) groups is 2. The predicted molar refractivity (Wildman–Crippen MR) is 408 cm³/mol. The Balaban J connectivity index is 1.20. The molecule has 0 aliphatic heterocycles. The van der Waals surface area contributed by atoms with Crippen molar-refractivity contribution in [3.63, 3.8) is 0 Å². The van der Waals surface area contributed by atoms with Crippen LogP contribution in [0.1, 0.15) is 228 Å². The second kappa shape index (κ2) is 51.0. The molecule has 6 aromatic carbocycles. The number of unbranched alkanes of at least 4 members (excludes halogenated alkanes) is 24. The molecule has 19 nitrogen and oxygen atoms in total. The van der Waals surface area contributed by atoms with Crippen molar-refractivity contribution in [1.82, 2.24) is 0 Å². The van der Waals surface area contributed by atoms with Gasteiger partial charge in [-0.3, -0.25) is 45.8 Å². The maximum absolute atomic E-state index is 16.0. The van der Waals surface area contributed by atoms with Gasteiger partial charge in [0.25, 0.3) is 0 Å². The van der Waals surface area contributed by atoms with Crippen molar-refractivity contribution in [2.45, 2.75) is 276 Å². The molecule has 0 radical (unpaired) electrons. The summed E-state index contributed by atoms with van der Waals surface area (Å²) in [6.07, 6.45) is 13.1. The highest BCUT2D eigenvalue weighted by Gasteiger charge is 2.60. The summed E-state index contributed by atoms with van der Waals surface area (Å²) in [5, 5.41) is 13.3. The van der Waals surface area contributed by atoms with E-state index in [0.717, 1.165) is 51.4 Å². The zero-order chi connectivity index (χ0) is 75.2. The first-order valence-electron chi connectivity index (χ1n) is 38.9. The van der Waals surface area contributed by atoms with Crippen LogP contribution in [0.2, 0.25) is 0 Å². The van der Waals surface area contributed by atoms with Crippen LogP contribution in [-0.2, 0) is 118 Å². The molecule has 22 heteroatoms. The fraction of sp³-hybridized carbons (Fsp3) is 0.542. The normalized spacial score (nSPS) is 18.6. The molecule has 1 saturated carbocycles. The van der Waals surface area contributed by atoms with Crippen LogP contribution in [-0.4, -0.2) is 77.9 Å². The topological polar surface area (TPSA) is 237 Å². The molecular formula is C83H117O19P3. The average Bonchev–Trinajstić information content (AvgIpc) is 0.732. The molecule has 7 unspecified atom stereocenters. The van der Waals surface area contributed by atoms with Crippen LogP contribution in [0.15, 0.2) is 182 Å². The molecule has 6 aromatic rings. The number of ether oxygens (including phenoxy) is 4. The number of phosphoric acid groups is 3. The lowest BCUT2D eigenvalue weighted by Crippen LogP contribution is -2.66. The van der Waals surface area contributed by atoms with Gasteiger partial charge >= 0.3 is 35.4 Å². The first-order chi connectivity index (χ1) is 51.6. The molecule has 0 amide bonds. The van der Waals surface area contributed by atoms with Gasteiger partial charge in [0.15, 0.2) is 6.10 Å². The minimum atomic E-state index is -5.73. The van der Waals surface area contributed by atoms with E-state index in [9.17, 15) is 21.0 Å². The van der Waals surface area contributed by atoms with Crippen molar-refractivity contribution in [2.24, 2.45) is 0 Å². The number of phosphoric ester groups is 3. The second-order valence-corrected chi connectivity index (χ2v) is 31.7. The van der Waals surface area contributed by atoms with Gasteiger partial charge in [0.05, 0.1) is 47.6 Å². The van der Waals surface area contributed by atoms with Gasteiger partial charge in [-0.1, -0.05) is 350 Å². The number of benzene rings is 6. The molecule has 105 heavy (non-hydrogen) atoms. The number of aliphatic hydroxyl groups is 1. The van der Waals surface area contributed by atoms with Crippen LogP contribution in [0.3, 0.4) is 0 Å². The van der Waals surface area contributed by atoms with E-state index in [4.69, 9.17) is 55.1 Å². The largest absolute Gasteiger partial charge is 0.475 e. The minimum Gasteiger partial charge on any atom is -0.462 e. The zero-order valence-electron chi connectivity index (χ0n) is 62.9. The fourth-order valence-electron chi connectivity index (χ4n) is 12.2. The Labute approximate surface area is 626 Å². The molecule has 0 heterocycles. The smallest absolute Gasteiger partial charge is 0.462 e. The lowest BCUT2D eigenvalue weighted by Gasteiger charge is -2.48. The van der Waals surface area contributed by atoms with E-state index in [1.54, 1.807) is 182 Å². The molecule has 0 bridgehead atoms. The summed E-state index contributed by atoms with van der Waals surface area (Å²) in [6.45, 7) is 0.685. The highest BCUT2D eigenvalue weighted by molar-refractivity contribution is 7.49. The summed E-state index contributed by atoms with van der Waals surface area (Å²) in [7, 11) is -16.0. The molecule has 1 aliphatic rings. The summed E-state index contributed by atoms with van der Waals surface area (Å²) in [5.74, 6) is -1.22. The van der Waals surface area contributed by atoms with Gasteiger partial charge in [-0.25, -0.2) is 13.7 Å². The number of hydrogen-bond donors (Lipinski definition) is 2. The average molecular weight is 1510 g/mol. The molecule has 578 valence electrons. The molecule has 0 spiro atoms. The van der Waals surface area contributed by atoms with Crippen LogP contribution in [0.25, 0.3) is 0 Å². The maximum atomic E-state index is 16.0. The van der Waals surface area contributed by atoms with Crippen LogP contribution in [0, 0.1) is 0 Å². The van der Waals surface area contributed by atoms with E-state index in [1.807, 2.05) is 0 Å². The van der Waals surface area contributed by atoms with Crippen molar-refractivity contribution < 1.29 is 89.8 Å². The monoisotopic (exact) mass is 1510 g/mol. The number of esters is 2. The molecular weight excluding hydrogens is 1390 g/mol. The molecule has 2 N–H and O–H groups in total. The van der Waals surface area contributed by atoms with Crippen molar-refractivity contribution in [2.75, 3.05) is 13.2 Å². The van der Waals surface area contributed by atoms with E-state index in [2.05, 4.69) is 13.8 Å². The quantitative estimate of drug-likeness (QED) is 0.0205. The second-order valence-electron chi connectivity index (χ2n) is 27.0. The molecule has 1 fully saturated rings. The van der Waals surface area contributed by atoms with Crippen molar-refractivity contribution >= 4 is 35.4 Å². The molecule has 8 atom stereocenters. The van der Waals surface area contributed by atoms with Crippen LogP contribution >= 0.6 is 23.5 Å². The Morgan fingerprint density at radius 2 is 0.638 bits per heavy atom. The van der Waals surface area contributed by atoms with E-state index < -0.39 is 105 Å².